The summed E-state index contributed by atoms with van der Waals surface area (Å²) in [4.78, 5) is 112. The highest BCUT2D eigenvalue weighted by Gasteiger charge is 2.71. The van der Waals surface area contributed by atoms with Gasteiger partial charge in [0.1, 0.15) is 43.8 Å². The van der Waals surface area contributed by atoms with Crippen LogP contribution in [0.2, 0.25) is 0 Å². The molecule has 2 heterocycles. The number of hydrogen-bond donors (Lipinski definition) is 9. The highest BCUT2D eigenvalue weighted by Crippen LogP contribution is 2.66. The SMILES string of the molecule is C.C.CC1(C)C2CN(C(=O)[C@@H](NC(=O)NC3(CS(C)(=O)=O)CCCCC3)C3CCCCC3)[C@H](C(=O)NC(CC3CC3)C(O)C(N)=O)[C@H]21.COC(=O)C(O)C(CC1CC1)NC(=O)[C@@H]1[C@@H]2C(CN1C(=O)[C@@H](NC(=O)NC1(CS(C)(=O)=O)CCCCC1)C1CCCCC1)C2(C)C. The molecule has 2 saturated heterocycles. The van der Waals surface area contributed by atoms with E-state index in [9.17, 15) is 65.4 Å². The number of nitrogens with one attached hydrogen (secondary N) is 6. The summed E-state index contributed by atoms with van der Waals surface area (Å²) < 4.78 is 54.1. The van der Waals surface area contributed by atoms with Crippen molar-refractivity contribution in [2.75, 3.05) is 44.2 Å². The van der Waals surface area contributed by atoms with Gasteiger partial charge in [0.25, 0.3) is 0 Å². The van der Waals surface area contributed by atoms with Crippen molar-refractivity contribution >= 4 is 67.2 Å². The fraction of sp³-hybridized carbons (Fsp3) is 0.881. The summed E-state index contributed by atoms with van der Waals surface area (Å²) in [6.07, 6.45) is 20.4. The molecular formula is C67H115N9O15S2. The van der Waals surface area contributed by atoms with Gasteiger partial charge in [-0.05, 0) is 122 Å². The van der Waals surface area contributed by atoms with E-state index in [2.05, 4.69) is 59.6 Å². The molecule has 8 saturated carbocycles. The van der Waals surface area contributed by atoms with Crippen molar-refractivity contribution in [1.82, 2.24) is 41.7 Å². The number of nitrogens with zero attached hydrogens (tertiary/aromatic N) is 2. The Morgan fingerprint density at radius 3 is 1.16 bits per heavy atom. The van der Waals surface area contributed by atoms with Crippen LogP contribution in [0.5, 0.6) is 0 Å². The second kappa shape index (κ2) is 30.3. The number of piperidine rings is 2. The highest BCUT2D eigenvalue weighted by molar-refractivity contribution is 7.91. The minimum atomic E-state index is -3.37. The maximum absolute atomic E-state index is 14.5. The molecule has 530 valence electrons. The van der Waals surface area contributed by atoms with Crippen molar-refractivity contribution in [2.24, 2.45) is 63.9 Å². The molecule has 93 heavy (non-hydrogen) atoms. The minimum Gasteiger partial charge on any atom is -0.467 e. The molecule has 26 heteroatoms. The summed E-state index contributed by atoms with van der Waals surface area (Å²) in [5.74, 6) is -2.99. The molecule has 10 fully saturated rings. The van der Waals surface area contributed by atoms with Gasteiger partial charge in [0.05, 0.1) is 41.8 Å². The molecule has 0 spiro atoms. The lowest BCUT2D eigenvalue weighted by Crippen LogP contribution is -2.63. The average molecular weight is 1350 g/mol. The first-order chi connectivity index (χ1) is 42.8. The smallest absolute Gasteiger partial charge is 0.336 e. The number of aliphatic hydroxyl groups is 2. The van der Waals surface area contributed by atoms with Crippen LogP contribution in [0.1, 0.15) is 209 Å². The Kier molecular flexibility index (Phi) is 24.6. The first kappa shape index (κ1) is 75.6. The maximum Gasteiger partial charge on any atom is 0.336 e. The number of carbonyl (C=O) groups is 8. The third-order valence-corrected chi connectivity index (χ3v) is 25.2. The largest absolute Gasteiger partial charge is 0.467 e. The van der Waals surface area contributed by atoms with Gasteiger partial charge in [-0.15, -0.1) is 0 Å². The van der Waals surface area contributed by atoms with Crippen LogP contribution in [0.15, 0.2) is 0 Å². The second-order valence-electron chi connectivity index (χ2n) is 31.0. The maximum atomic E-state index is 14.5. The lowest BCUT2D eigenvalue weighted by molar-refractivity contribution is -0.153. The third-order valence-electron chi connectivity index (χ3n) is 23.0. The molecule has 0 aromatic rings. The summed E-state index contributed by atoms with van der Waals surface area (Å²) in [5, 5.41) is 39.0. The van der Waals surface area contributed by atoms with Gasteiger partial charge in [-0.25, -0.2) is 31.2 Å². The number of hydrogen-bond acceptors (Lipinski definition) is 15. The zero-order valence-electron chi connectivity index (χ0n) is 54.9. The number of nitrogens with two attached hydrogens (primary N) is 1. The van der Waals surface area contributed by atoms with Gasteiger partial charge in [-0.1, -0.05) is 145 Å². The second-order valence-corrected chi connectivity index (χ2v) is 35.2. The van der Waals surface area contributed by atoms with Gasteiger partial charge < -0.3 is 62.4 Å². The number of ether oxygens (including phenoxy) is 1. The molecule has 0 aromatic carbocycles. The van der Waals surface area contributed by atoms with Crippen molar-refractivity contribution in [1.29, 1.82) is 0 Å². The van der Waals surface area contributed by atoms with Crippen LogP contribution in [0, 0.1) is 58.2 Å². The van der Waals surface area contributed by atoms with E-state index in [-0.39, 0.29) is 84.5 Å². The average Bonchev–Trinajstić information content (AvgIpc) is 1.53. The molecule has 24 nitrogen and oxygen atoms in total. The number of sulfone groups is 2. The Bertz CT molecular complexity index is 2920. The summed E-state index contributed by atoms with van der Waals surface area (Å²) >= 11 is 0. The van der Waals surface area contributed by atoms with Crippen LogP contribution in [-0.4, -0.2) is 188 Å². The van der Waals surface area contributed by atoms with Crippen molar-refractivity contribution in [2.45, 2.75) is 269 Å². The molecule has 10 N–H and O–H groups in total. The summed E-state index contributed by atoms with van der Waals surface area (Å²) in [6, 6.07) is -6.09. The molecular weight excluding hydrogens is 1230 g/mol. The number of aliphatic hydroxyl groups excluding tert-OH is 2. The molecule has 0 bridgehead atoms. The van der Waals surface area contributed by atoms with Gasteiger partial charge in [0.15, 0.2) is 12.2 Å². The molecule has 6 unspecified atom stereocenters. The minimum absolute atomic E-state index is 0. The summed E-state index contributed by atoms with van der Waals surface area (Å²) in [5.41, 5.74) is 3.34. The van der Waals surface area contributed by atoms with Crippen LogP contribution in [0.25, 0.3) is 0 Å². The number of esters is 1. The molecule has 0 aromatic heterocycles. The van der Waals surface area contributed by atoms with Gasteiger partial charge >= 0.3 is 18.0 Å². The molecule has 12 atom stereocenters. The molecule has 8 aliphatic carbocycles. The van der Waals surface area contributed by atoms with E-state index < -0.39 is 115 Å². The van der Waals surface area contributed by atoms with E-state index >= 15 is 0 Å². The van der Waals surface area contributed by atoms with Crippen molar-refractivity contribution < 1.29 is 70.1 Å². The molecule has 10 rings (SSSR count). The van der Waals surface area contributed by atoms with Gasteiger partial charge in [-0.2, -0.15) is 0 Å². The zero-order valence-corrected chi connectivity index (χ0v) is 56.6. The van der Waals surface area contributed by atoms with E-state index in [1.54, 1.807) is 9.80 Å². The van der Waals surface area contributed by atoms with E-state index in [0.29, 0.717) is 63.5 Å². The molecule has 9 amide bonds. The first-order valence-corrected chi connectivity index (χ1v) is 38.4. The van der Waals surface area contributed by atoms with Gasteiger partial charge in [0, 0.05) is 25.6 Å². The van der Waals surface area contributed by atoms with Crippen molar-refractivity contribution in [3.05, 3.63) is 0 Å². The van der Waals surface area contributed by atoms with E-state index in [1.165, 1.54) is 19.6 Å². The number of methoxy groups -OCH3 is 1. The van der Waals surface area contributed by atoms with Crippen molar-refractivity contribution in [3.8, 4) is 0 Å². The normalized spacial score (nSPS) is 28.7. The summed E-state index contributed by atoms with van der Waals surface area (Å²) in [6.45, 7) is 9.10. The van der Waals surface area contributed by atoms with Crippen LogP contribution in [0.3, 0.4) is 0 Å². The Balaban J connectivity index is 0.000000258. The lowest BCUT2D eigenvalue weighted by atomic mass is 9.82. The van der Waals surface area contributed by atoms with Crippen LogP contribution in [0.4, 0.5) is 9.59 Å². The quantitative estimate of drug-likeness (QED) is 0.0564. The van der Waals surface area contributed by atoms with Crippen molar-refractivity contribution in [3.63, 3.8) is 0 Å². The van der Waals surface area contributed by atoms with E-state index in [4.69, 9.17) is 10.5 Å². The molecule has 2 aliphatic heterocycles. The zero-order chi connectivity index (χ0) is 66.2. The third kappa shape index (κ3) is 18.4. The Morgan fingerprint density at radius 1 is 0.516 bits per heavy atom. The first-order valence-electron chi connectivity index (χ1n) is 34.3. The van der Waals surface area contributed by atoms with Crippen LogP contribution >= 0.6 is 0 Å². The highest BCUT2D eigenvalue weighted by atomic mass is 32.2. The number of fused-ring (bicyclic) bond motifs is 2. The predicted molar refractivity (Wildman–Crippen MR) is 353 cm³/mol. The van der Waals surface area contributed by atoms with E-state index in [1.807, 2.05) is 0 Å². The van der Waals surface area contributed by atoms with Gasteiger partial charge in [0.2, 0.25) is 29.5 Å². The number of carbonyl (C=O) groups excluding carboxylic acids is 8. The number of urea groups is 2. The fourth-order valence-electron chi connectivity index (χ4n) is 17.6. The Labute approximate surface area is 553 Å². The monoisotopic (exact) mass is 1350 g/mol. The van der Waals surface area contributed by atoms with E-state index in [0.717, 1.165) is 128 Å². The summed E-state index contributed by atoms with van der Waals surface area (Å²) in [7, 11) is -5.54. The lowest BCUT2D eigenvalue weighted by Gasteiger charge is -2.40. The molecule has 0 radical (unpaired) electrons. The van der Waals surface area contributed by atoms with Gasteiger partial charge in [-0.3, -0.25) is 24.0 Å². The van der Waals surface area contributed by atoms with Crippen LogP contribution < -0.4 is 37.6 Å². The number of rotatable bonds is 24. The fourth-order valence-corrected chi connectivity index (χ4v) is 20.3. The number of amides is 9. The topological polar surface area (TPSA) is 359 Å². The molecule has 10 aliphatic rings. The Hall–Kier alpha value is -4.82. The number of likely N-dealkylation sites (tertiary alicyclic amines) is 2. The predicted octanol–water partition coefficient (Wildman–Crippen LogP) is 5.15. The number of primary amides is 1. The Morgan fingerprint density at radius 2 is 0.849 bits per heavy atom. The van der Waals surface area contributed by atoms with Crippen LogP contribution in [-0.2, 0) is 53.2 Å². The standard InChI is InChI=1S/C33H54N4O8S.C32H53N5O7S.2CH4/c1-32(2)22-18-37(26(24(22)32)28(39)34-23(17-20-13-14-20)27(38)30(41)45-3)29(40)25(21-11-7-5-8-12-21)35-31(42)36-33(19-46(4,43)44)15-9-6-10-16-33;1-31(2)21-17-37(25(23(21)31)28(40)34-22(16-19-12-13-19)26(38)27(33)39)29(41)24(20-10-6-4-7-11-20)35-30(42)36-32(18-45(3,43)44)14-8-5-9-15-32;;/h20-27,38H,5-19H2,1-4H3,(H,34,39)(H2,35,36,42);19-26,38H,4-18H2,1-3H3,(H2,33,39)(H,34,40)(H2,35,36,42);2*1H4/t22?,23?,24-,25-,26-,27?;21?,22?,23-,24-,25-,26?;;/m00../s1.